The SMILES string of the molecule is Cc1ccc(Br)cc1NCc1ccc(F)cc1F. The maximum atomic E-state index is 13.4. The largest absolute Gasteiger partial charge is 0.381 e. The molecule has 94 valence electrons. The van der Waals surface area contributed by atoms with Crippen molar-refractivity contribution in [1.82, 2.24) is 0 Å². The second-order valence-electron chi connectivity index (χ2n) is 4.05. The summed E-state index contributed by atoms with van der Waals surface area (Å²) in [7, 11) is 0. The predicted octanol–water partition coefficient (Wildman–Crippen LogP) is 4.65. The predicted molar refractivity (Wildman–Crippen MR) is 72.6 cm³/mol. The van der Waals surface area contributed by atoms with Crippen LogP contribution in [0.4, 0.5) is 14.5 Å². The van der Waals surface area contributed by atoms with Gasteiger partial charge in [-0.3, -0.25) is 0 Å². The Labute approximate surface area is 113 Å². The van der Waals surface area contributed by atoms with Crippen molar-refractivity contribution >= 4 is 21.6 Å². The van der Waals surface area contributed by atoms with Crippen molar-refractivity contribution in [1.29, 1.82) is 0 Å². The molecule has 0 aromatic heterocycles. The third-order valence-electron chi connectivity index (χ3n) is 2.68. The number of aryl methyl sites for hydroxylation is 1. The minimum atomic E-state index is -0.560. The minimum Gasteiger partial charge on any atom is -0.381 e. The third kappa shape index (κ3) is 3.07. The Morgan fingerprint density at radius 1 is 1.11 bits per heavy atom. The van der Waals surface area contributed by atoms with Gasteiger partial charge in [0.05, 0.1) is 0 Å². The van der Waals surface area contributed by atoms with Crippen LogP contribution in [0.3, 0.4) is 0 Å². The summed E-state index contributed by atoms with van der Waals surface area (Å²) in [6, 6.07) is 9.44. The van der Waals surface area contributed by atoms with E-state index in [1.165, 1.54) is 12.1 Å². The fourth-order valence-corrected chi connectivity index (χ4v) is 2.00. The lowest BCUT2D eigenvalue weighted by Gasteiger charge is -2.10. The van der Waals surface area contributed by atoms with Crippen molar-refractivity contribution in [3.8, 4) is 0 Å². The molecule has 18 heavy (non-hydrogen) atoms. The molecule has 0 heterocycles. The summed E-state index contributed by atoms with van der Waals surface area (Å²) in [5, 5.41) is 3.14. The Hall–Kier alpha value is -1.42. The maximum Gasteiger partial charge on any atom is 0.131 e. The molecule has 0 radical (unpaired) electrons. The molecule has 0 saturated heterocycles. The molecule has 0 aliphatic heterocycles. The molecule has 0 aliphatic rings. The Morgan fingerprint density at radius 2 is 1.89 bits per heavy atom. The second kappa shape index (κ2) is 5.48. The summed E-state index contributed by atoms with van der Waals surface area (Å²) in [6.45, 7) is 2.29. The van der Waals surface area contributed by atoms with Gasteiger partial charge in [0.15, 0.2) is 0 Å². The van der Waals surface area contributed by atoms with Crippen LogP contribution in [0.25, 0.3) is 0 Å². The van der Waals surface area contributed by atoms with E-state index in [4.69, 9.17) is 0 Å². The molecule has 2 aromatic rings. The maximum absolute atomic E-state index is 13.4. The number of nitrogens with one attached hydrogen (secondary N) is 1. The van der Waals surface area contributed by atoms with E-state index in [0.717, 1.165) is 21.8 Å². The average molecular weight is 312 g/mol. The summed E-state index contributed by atoms with van der Waals surface area (Å²) < 4.78 is 27.2. The first-order valence-electron chi connectivity index (χ1n) is 5.50. The second-order valence-corrected chi connectivity index (χ2v) is 4.96. The van der Waals surface area contributed by atoms with Gasteiger partial charge in [-0.25, -0.2) is 8.78 Å². The summed E-state index contributed by atoms with van der Waals surface area (Å²) in [5.74, 6) is -1.09. The number of halogens is 3. The average Bonchev–Trinajstić information content (AvgIpc) is 2.32. The normalized spacial score (nSPS) is 10.4. The molecule has 2 aromatic carbocycles. The number of hydrogen-bond donors (Lipinski definition) is 1. The first-order chi connectivity index (χ1) is 8.56. The lowest BCUT2D eigenvalue weighted by atomic mass is 10.1. The molecule has 1 N–H and O–H groups in total. The summed E-state index contributed by atoms with van der Waals surface area (Å²) in [5.41, 5.74) is 2.43. The quantitative estimate of drug-likeness (QED) is 0.870. The number of hydrogen-bond acceptors (Lipinski definition) is 1. The van der Waals surface area contributed by atoms with Gasteiger partial charge in [-0.05, 0) is 30.7 Å². The van der Waals surface area contributed by atoms with Crippen LogP contribution in [-0.4, -0.2) is 0 Å². The Kier molecular flexibility index (Phi) is 3.97. The highest BCUT2D eigenvalue weighted by Crippen LogP contribution is 2.21. The molecule has 0 atom stereocenters. The molecule has 0 fully saturated rings. The van der Waals surface area contributed by atoms with Crippen LogP contribution in [0, 0.1) is 18.6 Å². The minimum absolute atomic E-state index is 0.323. The van der Waals surface area contributed by atoms with Gasteiger partial charge in [0, 0.05) is 28.3 Å². The van der Waals surface area contributed by atoms with Crippen molar-refractivity contribution in [2.24, 2.45) is 0 Å². The van der Waals surface area contributed by atoms with Crippen LogP contribution in [0.5, 0.6) is 0 Å². The Bertz CT molecular complexity index is 570. The highest BCUT2D eigenvalue weighted by atomic mass is 79.9. The topological polar surface area (TPSA) is 12.0 Å². The van der Waals surface area contributed by atoms with Crippen LogP contribution < -0.4 is 5.32 Å². The zero-order valence-corrected chi connectivity index (χ0v) is 11.4. The Morgan fingerprint density at radius 3 is 2.61 bits per heavy atom. The van der Waals surface area contributed by atoms with E-state index < -0.39 is 11.6 Å². The molecular formula is C14H12BrF2N. The van der Waals surface area contributed by atoms with Crippen LogP contribution in [-0.2, 0) is 6.54 Å². The smallest absolute Gasteiger partial charge is 0.131 e. The molecule has 0 spiro atoms. The van der Waals surface area contributed by atoms with Crippen LogP contribution >= 0.6 is 15.9 Å². The monoisotopic (exact) mass is 311 g/mol. The fourth-order valence-electron chi connectivity index (χ4n) is 1.64. The molecule has 4 heteroatoms. The van der Waals surface area contributed by atoms with Crippen molar-refractivity contribution in [2.45, 2.75) is 13.5 Å². The first-order valence-corrected chi connectivity index (χ1v) is 6.29. The molecule has 0 amide bonds. The highest BCUT2D eigenvalue weighted by molar-refractivity contribution is 9.10. The standard InChI is InChI=1S/C14H12BrF2N/c1-9-2-4-11(15)6-14(9)18-8-10-3-5-12(16)7-13(10)17/h2-7,18H,8H2,1H3. The lowest BCUT2D eigenvalue weighted by molar-refractivity contribution is 0.574. The van der Waals surface area contributed by atoms with Gasteiger partial charge >= 0.3 is 0 Å². The van der Waals surface area contributed by atoms with Crippen molar-refractivity contribution in [3.63, 3.8) is 0 Å². The van der Waals surface area contributed by atoms with E-state index in [1.807, 2.05) is 25.1 Å². The van der Waals surface area contributed by atoms with Gasteiger partial charge in [0.2, 0.25) is 0 Å². The van der Waals surface area contributed by atoms with E-state index in [-0.39, 0.29) is 0 Å². The molecule has 1 nitrogen and oxygen atoms in total. The Balaban J connectivity index is 2.13. The van der Waals surface area contributed by atoms with Crippen molar-refractivity contribution < 1.29 is 8.78 Å². The van der Waals surface area contributed by atoms with E-state index >= 15 is 0 Å². The van der Waals surface area contributed by atoms with E-state index in [1.54, 1.807) is 0 Å². The molecule has 0 unspecified atom stereocenters. The number of anilines is 1. The van der Waals surface area contributed by atoms with E-state index in [9.17, 15) is 8.78 Å². The highest BCUT2D eigenvalue weighted by Gasteiger charge is 2.04. The van der Waals surface area contributed by atoms with Gasteiger partial charge in [0.1, 0.15) is 11.6 Å². The van der Waals surface area contributed by atoms with Crippen LogP contribution in [0.2, 0.25) is 0 Å². The zero-order chi connectivity index (χ0) is 13.1. The van der Waals surface area contributed by atoms with Gasteiger partial charge in [-0.15, -0.1) is 0 Å². The summed E-state index contributed by atoms with van der Waals surface area (Å²) in [4.78, 5) is 0. The lowest BCUT2D eigenvalue weighted by Crippen LogP contribution is -2.03. The van der Waals surface area contributed by atoms with E-state index in [0.29, 0.717) is 12.1 Å². The molecule has 0 bridgehead atoms. The molecule has 0 saturated carbocycles. The van der Waals surface area contributed by atoms with Gasteiger partial charge in [-0.1, -0.05) is 28.1 Å². The van der Waals surface area contributed by atoms with Crippen LogP contribution in [0.1, 0.15) is 11.1 Å². The van der Waals surface area contributed by atoms with Crippen LogP contribution in [0.15, 0.2) is 40.9 Å². The molecule has 2 rings (SSSR count). The zero-order valence-electron chi connectivity index (χ0n) is 9.81. The summed E-state index contributed by atoms with van der Waals surface area (Å²) >= 11 is 3.38. The van der Waals surface area contributed by atoms with Gasteiger partial charge in [0.25, 0.3) is 0 Å². The van der Waals surface area contributed by atoms with E-state index in [2.05, 4.69) is 21.2 Å². The fraction of sp³-hybridized carbons (Fsp3) is 0.143. The number of benzene rings is 2. The first kappa shape index (κ1) is 13.0. The third-order valence-corrected chi connectivity index (χ3v) is 3.18. The van der Waals surface area contributed by atoms with Gasteiger partial charge < -0.3 is 5.32 Å². The van der Waals surface area contributed by atoms with Gasteiger partial charge in [-0.2, -0.15) is 0 Å². The van der Waals surface area contributed by atoms with Crippen molar-refractivity contribution in [3.05, 3.63) is 63.6 Å². The summed E-state index contributed by atoms with van der Waals surface area (Å²) in [6.07, 6.45) is 0. The van der Waals surface area contributed by atoms with Crippen molar-refractivity contribution in [2.75, 3.05) is 5.32 Å². The molecule has 0 aliphatic carbocycles. The number of rotatable bonds is 3. The molecular weight excluding hydrogens is 300 g/mol.